The predicted octanol–water partition coefficient (Wildman–Crippen LogP) is 3.37. The van der Waals surface area contributed by atoms with Crippen LogP contribution in [0.25, 0.3) is 10.6 Å². The van der Waals surface area contributed by atoms with Gasteiger partial charge in [0.15, 0.2) is 5.60 Å². The van der Waals surface area contributed by atoms with E-state index in [9.17, 15) is 9.18 Å². The molecule has 0 unspecified atom stereocenters. The van der Waals surface area contributed by atoms with Crippen molar-refractivity contribution in [2.24, 2.45) is 5.73 Å². The lowest BCUT2D eigenvalue weighted by atomic mass is 10.1. The van der Waals surface area contributed by atoms with Gasteiger partial charge in [0.1, 0.15) is 10.8 Å². The number of nitrogens with two attached hydrogens (primary N) is 1. The number of hydrogen-bond donors (Lipinski definition) is 2. The number of halogens is 1. The summed E-state index contributed by atoms with van der Waals surface area (Å²) in [5, 5.41) is 9.94. The summed E-state index contributed by atoms with van der Waals surface area (Å²) in [5.41, 5.74) is 5.55. The van der Waals surface area contributed by atoms with Crippen LogP contribution in [0.5, 0.6) is 0 Å². The first kappa shape index (κ1) is 18.6. The van der Waals surface area contributed by atoms with Crippen molar-refractivity contribution in [1.82, 2.24) is 4.98 Å². The van der Waals surface area contributed by atoms with Gasteiger partial charge in [-0.15, -0.1) is 11.3 Å². The van der Waals surface area contributed by atoms with Crippen molar-refractivity contribution in [3.05, 3.63) is 41.2 Å². The zero-order valence-corrected chi connectivity index (χ0v) is 13.7. The van der Waals surface area contributed by atoms with Crippen LogP contribution in [0.3, 0.4) is 0 Å². The zero-order chi connectivity index (χ0) is 17.6. The summed E-state index contributed by atoms with van der Waals surface area (Å²) >= 11 is 1.40. The van der Waals surface area contributed by atoms with E-state index in [1.807, 2.05) is 0 Å². The van der Waals surface area contributed by atoms with Gasteiger partial charge in [-0.1, -0.05) is 0 Å². The number of carboxylic acids is 1. The molecule has 0 fully saturated rings. The quantitative estimate of drug-likeness (QED) is 0.892. The molecule has 0 bridgehead atoms. The fraction of sp³-hybridized carbons (Fsp3) is 0.267. The van der Waals surface area contributed by atoms with Crippen molar-refractivity contribution < 1.29 is 23.8 Å². The Morgan fingerprint density at radius 3 is 2.30 bits per heavy atom. The Bertz CT molecular complexity index is 679. The predicted molar refractivity (Wildman–Crippen MR) is 84.5 cm³/mol. The number of amides is 1. The number of aromatic nitrogens is 1. The number of ether oxygens (including phenoxy) is 1. The van der Waals surface area contributed by atoms with Crippen LogP contribution in [0.4, 0.5) is 9.18 Å². The van der Waals surface area contributed by atoms with Gasteiger partial charge >= 0.3 is 6.09 Å². The molecule has 0 saturated heterocycles. The summed E-state index contributed by atoms with van der Waals surface area (Å²) in [6.07, 6.45) is -0.846. The molecule has 6 nitrogen and oxygen atoms in total. The van der Waals surface area contributed by atoms with Crippen molar-refractivity contribution in [1.29, 1.82) is 0 Å². The molecule has 0 aliphatic rings. The molecule has 2 rings (SSSR count). The molecule has 124 valence electrons. The summed E-state index contributed by atoms with van der Waals surface area (Å²) in [4.78, 5) is 24.2. The number of primary amides is 1. The van der Waals surface area contributed by atoms with E-state index in [4.69, 9.17) is 20.4 Å². The Hall–Kier alpha value is -2.48. The zero-order valence-electron chi connectivity index (χ0n) is 12.9. The maximum absolute atomic E-state index is 12.9. The molecule has 0 radical (unpaired) electrons. The topological polar surface area (TPSA) is 103 Å². The van der Waals surface area contributed by atoms with Gasteiger partial charge in [0.05, 0.1) is 5.69 Å². The second-order valence-electron chi connectivity index (χ2n) is 5.00. The van der Waals surface area contributed by atoms with E-state index in [1.54, 1.807) is 31.4 Å². The van der Waals surface area contributed by atoms with Gasteiger partial charge in [0.25, 0.3) is 5.97 Å². The molecule has 0 spiro atoms. The Morgan fingerprint density at radius 2 is 1.83 bits per heavy atom. The molecule has 1 heterocycles. The molecule has 1 aromatic carbocycles. The standard InChI is InChI=1S/C13H13FN2O2S.C2H4O2/c1-13(2,18-12(15)17)10-7-19-11(16-10)8-3-5-9(14)6-4-8;1-2(3)4/h3-7H,1-2H3,(H2,15,17);1H3,(H,3,4). The Balaban J connectivity index is 0.000000593. The van der Waals surface area contributed by atoms with Crippen LogP contribution in [0, 0.1) is 5.82 Å². The summed E-state index contributed by atoms with van der Waals surface area (Å²) in [6.45, 7) is 4.50. The summed E-state index contributed by atoms with van der Waals surface area (Å²) in [5.74, 6) is -1.13. The number of aliphatic carboxylic acids is 1. The normalized spacial score (nSPS) is 10.4. The highest BCUT2D eigenvalue weighted by Crippen LogP contribution is 2.30. The highest BCUT2D eigenvalue weighted by Gasteiger charge is 2.27. The van der Waals surface area contributed by atoms with E-state index in [0.29, 0.717) is 5.69 Å². The molecule has 1 aromatic heterocycles. The molecule has 0 saturated carbocycles. The first-order chi connectivity index (χ1) is 10.6. The lowest BCUT2D eigenvalue weighted by Gasteiger charge is -2.21. The van der Waals surface area contributed by atoms with E-state index in [-0.39, 0.29) is 5.82 Å². The van der Waals surface area contributed by atoms with Crippen LogP contribution in [0.2, 0.25) is 0 Å². The number of carbonyl (C=O) groups excluding carboxylic acids is 1. The van der Waals surface area contributed by atoms with Crippen LogP contribution in [-0.2, 0) is 15.1 Å². The lowest BCUT2D eigenvalue weighted by molar-refractivity contribution is -0.134. The third-order valence-corrected chi connectivity index (χ3v) is 3.46. The average molecular weight is 340 g/mol. The van der Waals surface area contributed by atoms with Crippen LogP contribution >= 0.6 is 11.3 Å². The van der Waals surface area contributed by atoms with Crippen LogP contribution < -0.4 is 5.73 Å². The molecule has 0 aliphatic heterocycles. The minimum atomic E-state index is -0.888. The average Bonchev–Trinajstić information content (AvgIpc) is 2.87. The minimum absolute atomic E-state index is 0.294. The third kappa shape index (κ3) is 6.03. The summed E-state index contributed by atoms with van der Waals surface area (Å²) < 4.78 is 17.9. The molecular formula is C15H17FN2O4S. The van der Waals surface area contributed by atoms with Gasteiger partial charge < -0.3 is 15.6 Å². The number of carbonyl (C=O) groups is 2. The number of nitrogens with zero attached hydrogens (tertiary/aromatic N) is 1. The van der Waals surface area contributed by atoms with Gasteiger partial charge in [-0.25, -0.2) is 14.2 Å². The van der Waals surface area contributed by atoms with Crippen molar-refractivity contribution in [3.8, 4) is 10.6 Å². The Labute approximate surface area is 136 Å². The molecule has 2 aromatic rings. The number of carboxylic acid groups (broad SMARTS) is 1. The molecule has 0 atom stereocenters. The maximum Gasteiger partial charge on any atom is 0.405 e. The van der Waals surface area contributed by atoms with Gasteiger partial charge in [0, 0.05) is 17.9 Å². The van der Waals surface area contributed by atoms with Gasteiger partial charge in [0.2, 0.25) is 0 Å². The van der Waals surface area contributed by atoms with Crippen molar-refractivity contribution in [2.45, 2.75) is 26.4 Å². The number of thiazole rings is 1. The van der Waals surface area contributed by atoms with Gasteiger partial charge in [-0.3, -0.25) is 4.79 Å². The van der Waals surface area contributed by atoms with Gasteiger partial charge in [-0.05, 0) is 38.1 Å². The molecule has 8 heteroatoms. The summed E-state index contributed by atoms with van der Waals surface area (Å²) in [6, 6.07) is 6.06. The highest BCUT2D eigenvalue weighted by atomic mass is 32.1. The fourth-order valence-corrected chi connectivity index (χ4v) is 2.56. The SMILES string of the molecule is CC(=O)O.CC(C)(OC(N)=O)c1csc(-c2ccc(F)cc2)n1. The van der Waals surface area contributed by atoms with Crippen molar-refractivity contribution in [3.63, 3.8) is 0 Å². The minimum Gasteiger partial charge on any atom is -0.481 e. The van der Waals surface area contributed by atoms with E-state index in [1.165, 1.54) is 23.5 Å². The van der Waals surface area contributed by atoms with Gasteiger partial charge in [-0.2, -0.15) is 0 Å². The number of benzene rings is 1. The third-order valence-electron chi connectivity index (χ3n) is 2.57. The van der Waals surface area contributed by atoms with Crippen molar-refractivity contribution in [2.75, 3.05) is 0 Å². The van der Waals surface area contributed by atoms with E-state index in [2.05, 4.69) is 4.98 Å². The smallest absolute Gasteiger partial charge is 0.405 e. The van der Waals surface area contributed by atoms with Crippen LogP contribution in [-0.4, -0.2) is 22.2 Å². The highest BCUT2D eigenvalue weighted by molar-refractivity contribution is 7.13. The second-order valence-corrected chi connectivity index (χ2v) is 5.85. The lowest BCUT2D eigenvalue weighted by Crippen LogP contribution is -2.29. The first-order valence-electron chi connectivity index (χ1n) is 6.51. The molecule has 3 N–H and O–H groups in total. The number of rotatable bonds is 3. The second kappa shape index (κ2) is 7.68. The maximum atomic E-state index is 12.9. The molecule has 23 heavy (non-hydrogen) atoms. The molecule has 1 amide bonds. The van der Waals surface area contributed by atoms with E-state index in [0.717, 1.165) is 17.5 Å². The monoisotopic (exact) mass is 340 g/mol. The Kier molecular flexibility index (Phi) is 6.20. The summed E-state index contributed by atoms with van der Waals surface area (Å²) in [7, 11) is 0. The molecule has 0 aliphatic carbocycles. The first-order valence-corrected chi connectivity index (χ1v) is 7.39. The van der Waals surface area contributed by atoms with Crippen molar-refractivity contribution >= 4 is 23.4 Å². The number of hydrogen-bond acceptors (Lipinski definition) is 5. The Morgan fingerprint density at radius 1 is 1.30 bits per heavy atom. The van der Waals surface area contributed by atoms with Crippen LogP contribution in [0.1, 0.15) is 26.5 Å². The largest absolute Gasteiger partial charge is 0.481 e. The molecular weight excluding hydrogens is 323 g/mol. The van der Waals surface area contributed by atoms with E-state index >= 15 is 0 Å². The van der Waals surface area contributed by atoms with Crippen LogP contribution in [0.15, 0.2) is 29.6 Å². The van der Waals surface area contributed by atoms with E-state index < -0.39 is 17.7 Å². The fourth-order valence-electron chi connectivity index (χ4n) is 1.58.